The summed E-state index contributed by atoms with van der Waals surface area (Å²) in [7, 11) is 0. The van der Waals surface area contributed by atoms with Gasteiger partial charge in [-0.2, -0.15) is 0 Å². The highest BCUT2D eigenvalue weighted by Crippen LogP contribution is 2.12. The van der Waals surface area contributed by atoms with E-state index in [2.05, 4.69) is 0 Å². The Hall–Kier alpha value is -1.33. The maximum atomic E-state index is 10.9. The molecule has 0 aliphatic carbocycles. The summed E-state index contributed by atoms with van der Waals surface area (Å²) >= 11 is 0. The van der Waals surface area contributed by atoms with Crippen LogP contribution in [0.3, 0.4) is 0 Å². The summed E-state index contributed by atoms with van der Waals surface area (Å²) < 4.78 is 10.3. The summed E-state index contributed by atoms with van der Waals surface area (Å²) in [6.07, 6.45) is 1.59. The Morgan fingerprint density at radius 2 is 2.53 bits per heavy atom. The van der Waals surface area contributed by atoms with Crippen LogP contribution in [0.1, 0.15) is 5.76 Å². The summed E-state index contributed by atoms with van der Waals surface area (Å²) in [4.78, 5) is 12.8. The molecule has 2 heterocycles. The lowest BCUT2D eigenvalue weighted by Gasteiger charge is -2.31. The Labute approximate surface area is 87.2 Å². The highest BCUT2D eigenvalue weighted by atomic mass is 16.5. The third-order valence-electron chi connectivity index (χ3n) is 2.46. The molecule has 0 amide bonds. The first-order valence-electron chi connectivity index (χ1n) is 4.84. The lowest BCUT2D eigenvalue weighted by molar-refractivity contribution is -0.150. The fourth-order valence-corrected chi connectivity index (χ4v) is 1.66. The number of hydrogen-bond acceptors (Lipinski definition) is 4. The van der Waals surface area contributed by atoms with Gasteiger partial charge in [0.1, 0.15) is 11.8 Å². The molecule has 0 bridgehead atoms. The average Bonchev–Trinajstić information content (AvgIpc) is 2.71. The van der Waals surface area contributed by atoms with Crippen LogP contribution in [0, 0.1) is 0 Å². The third kappa shape index (κ3) is 2.37. The number of carbonyl (C=O) groups is 1. The molecule has 1 aromatic rings. The topological polar surface area (TPSA) is 62.9 Å². The molecule has 1 fully saturated rings. The molecule has 15 heavy (non-hydrogen) atoms. The highest BCUT2D eigenvalue weighted by Gasteiger charge is 2.29. The van der Waals surface area contributed by atoms with E-state index in [-0.39, 0.29) is 6.61 Å². The molecule has 1 unspecified atom stereocenters. The van der Waals surface area contributed by atoms with Crippen LogP contribution in [-0.2, 0) is 16.1 Å². The summed E-state index contributed by atoms with van der Waals surface area (Å²) in [5, 5.41) is 8.99. The number of carboxylic acids is 1. The minimum Gasteiger partial charge on any atom is -0.480 e. The Morgan fingerprint density at radius 1 is 1.67 bits per heavy atom. The van der Waals surface area contributed by atoms with E-state index in [0.29, 0.717) is 19.7 Å². The lowest BCUT2D eigenvalue weighted by Crippen LogP contribution is -2.49. The van der Waals surface area contributed by atoms with Crippen LogP contribution in [0.2, 0.25) is 0 Å². The van der Waals surface area contributed by atoms with Crippen LogP contribution < -0.4 is 0 Å². The number of rotatable bonds is 3. The van der Waals surface area contributed by atoms with Gasteiger partial charge in [0.2, 0.25) is 0 Å². The van der Waals surface area contributed by atoms with Gasteiger partial charge in [0.05, 0.1) is 26.0 Å². The van der Waals surface area contributed by atoms with Crippen molar-refractivity contribution in [2.24, 2.45) is 0 Å². The predicted octanol–water partition coefficient (Wildman–Crippen LogP) is 0.565. The molecule has 1 aliphatic heterocycles. The molecule has 1 aliphatic rings. The number of ether oxygens (including phenoxy) is 1. The molecule has 5 heteroatoms. The number of aliphatic carboxylic acids is 1. The van der Waals surface area contributed by atoms with Gasteiger partial charge >= 0.3 is 5.97 Å². The van der Waals surface area contributed by atoms with Crippen molar-refractivity contribution < 1.29 is 19.1 Å². The molecule has 1 atom stereocenters. The lowest BCUT2D eigenvalue weighted by atomic mass is 10.2. The summed E-state index contributed by atoms with van der Waals surface area (Å²) in [5.74, 6) is -0.0654. The number of nitrogens with zero attached hydrogens (tertiary/aromatic N) is 1. The Morgan fingerprint density at radius 3 is 3.20 bits per heavy atom. The molecular weight excluding hydrogens is 198 g/mol. The molecule has 0 saturated carbocycles. The summed E-state index contributed by atoms with van der Waals surface area (Å²) in [5.41, 5.74) is 0. The maximum absolute atomic E-state index is 10.9. The first-order valence-corrected chi connectivity index (χ1v) is 4.84. The minimum atomic E-state index is -0.846. The van der Waals surface area contributed by atoms with Crippen LogP contribution in [0.15, 0.2) is 22.8 Å². The quantitative estimate of drug-likeness (QED) is 0.791. The van der Waals surface area contributed by atoms with Gasteiger partial charge < -0.3 is 14.3 Å². The van der Waals surface area contributed by atoms with Gasteiger partial charge in [0.25, 0.3) is 0 Å². The zero-order chi connectivity index (χ0) is 10.7. The van der Waals surface area contributed by atoms with Crippen molar-refractivity contribution >= 4 is 5.97 Å². The molecule has 0 aromatic carbocycles. The maximum Gasteiger partial charge on any atom is 0.323 e. The third-order valence-corrected chi connectivity index (χ3v) is 2.46. The number of morpholine rings is 1. The Balaban J connectivity index is 2.02. The Bertz CT molecular complexity index is 322. The fourth-order valence-electron chi connectivity index (χ4n) is 1.66. The van der Waals surface area contributed by atoms with E-state index in [9.17, 15) is 4.79 Å². The number of carboxylic acid groups (broad SMARTS) is 1. The number of hydrogen-bond donors (Lipinski definition) is 1. The van der Waals surface area contributed by atoms with Crippen molar-refractivity contribution in [1.82, 2.24) is 4.90 Å². The van der Waals surface area contributed by atoms with Gasteiger partial charge in [-0.05, 0) is 12.1 Å². The second-order valence-electron chi connectivity index (χ2n) is 3.48. The van der Waals surface area contributed by atoms with Crippen LogP contribution >= 0.6 is 0 Å². The van der Waals surface area contributed by atoms with Crippen LogP contribution in [0.25, 0.3) is 0 Å². The Kier molecular flexibility index (Phi) is 3.03. The molecule has 0 spiro atoms. The van der Waals surface area contributed by atoms with E-state index >= 15 is 0 Å². The van der Waals surface area contributed by atoms with Gasteiger partial charge in [0.15, 0.2) is 0 Å². The van der Waals surface area contributed by atoms with Crippen molar-refractivity contribution in [3.8, 4) is 0 Å². The van der Waals surface area contributed by atoms with E-state index in [1.54, 1.807) is 12.3 Å². The van der Waals surface area contributed by atoms with Crippen molar-refractivity contribution in [3.63, 3.8) is 0 Å². The molecule has 82 valence electrons. The van der Waals surface area contributed by atoms with Gasteiger partial charge in [-0.1, -0.05) is 0 Å². The molecular formula is C10H13NO4. The predicted molar refractivity (Wildman–Crippen MR) is 51.4 cm³/mol. The van der Waals surface area contributed by atoms with Gasteiger partial charge in [-0.15, -0.1) is 0 Å². The second kappa shape index (κ2) is 4.46. The van der Waals surface area contributed by atoms with Crippen LogP contribution in [0.5, 0.6) is 0 Å². The largest absolute Gasteiger partial charge is 0.480 e. The van der Waals surface area contributed by atoms with Crippen LogP contribution in [-0.4, -0.2) is 41.8 Å². The molecule has 1 saturated heterocycles. The van der Waals surface area contributed by atoms with E-state index < -0.39 is 12.0 Å². The van der Waals surface area contributed by atoms with Crippen molar-refractivity contribution in [2.45, 2.75) is 12.6 Å². The van der Waals surface area contributed by atoms with Gasteiger partial charge in [0, 0.05) is 6.54 Å². The number of furan rings is 1. The van der Waals surface area contributed by atoms with E-state index in [0.717, 1.165) is 5.76 Å². The standard InChI is InChI=1S/C10H13NO4/c12-10(13)9-7-14-5-3-11(9)6-8-2-1-4-15-8/h1-2,4,9H,3,5-7H2,(H,12,13). The SMILES string of the molecule is O=C(O)C1COCCN1Cc1ccco1. The normalized spacial score (nSPS) is 22.8. The van der Waals surface area contributed by atoms with Crippen molar-refractivity contribution in [2.75, 3.05) is 19.8 Å². The zero-order valence-corrected chi connectivity index (χ0v) is 8.26. The van der Waals surface area contributed by atoms with Crippen LogP contribution in [0.4, 0.5) is 0 Å². The zero-order valence-electron chi connectivity index (χ0n) is 8.26. The average molecular weight is 211 g/mol. The van der Waals surface area contributed by atoms with Crippen molar-refractivity contribution in [3.05, 3.63) is 24.2 Å². The molecule has 5 nitrogen and oxygen atoms in total. The van der Waals surface area contributed by atoms with E-state index in [1.807, 2.05) is 11.0 Å². The molecule has 1 aromatic heterocycles. The van der Waals surface area contributed by atoms with Gasteiger partial charge in [-0.25, -0.2) is 0 Å². The van der Waals surface area contributed by atoms with Gasteiger partial charge in [-0.3, -0.25) is 9.69 Å². The minimum absolute atomic E-state index is 0.246. The van der Waals surface area contributed by atoms with Crippen molar-refractivity contribution in [1.29, 1.82) is 0 Å². The van der Waals surface area contributed by atoms with E-state index in [1.165, 1.54) is 0 Å². The fraction of sp³-hybridized carbons (Fsp3) is 0.500. The first-order chi connectivity index (χ1) is 7.27. The first kappa shape index (κ1) is 10.2. The summed E-state index contributed by atoms with van der Waals surface area (Å²) in [6, 6.07) is 3.07. The second-order valence-corrected chi connectivity index (χ2v) is 3.48. The molecule has 1 N–H and O–H groups in total. The molecule has 0 radical (unpaired) electrons. The summed E-state index contributed by atoms with van der Waals surface area (Å²) in [6.45, 7) is 1.96. The monoisotopic (exact) mass is 211 g/mol. The highest BCUT2D eigenvalue weighted by molar-refractivity contribution is 5.73. The van der Waals surface area contributed by atoms with E-state index in [4.69, 9.17) is 14.3 Å². The molecule has 2 rings (SSSR count). The smallest absolute Gasteiger partial charge is 0.323 e.